The monoisotopic (exact) mass is 529 g/mol. The predicted octanol–water partition coefficient (Wildman–Crippen LogP) is 3.99. The predicted molar refractivity (Wildman–Crippen MR) is 150 cm³/mol. The van der Waals surface area contributed by atoms with Gasteiger partial charge in [-0.05, 0) is 44.7 Å². The van der Waals surface area contributed by atoms with Gasteiger partial charge in [0.2, 0.25) is 5.95 Å². The SMILES string of the molecule is CCN1CCN(C(=O)c2ccc(Nc3ncc(F)c(-c4ccc5ncc(N(CC)CC)nc5c4)n3)nc2)CC1. The van der Waals surface area contributed by atoms with E-state index >= 15 is 0 Å². The number of halogens is 1. The Kier molecular flexibility index (Phi) is 7.87. The third-order valence-electron chi connectivity index (χ3n) is 6.99. The summed E-state index contributed by atoms with van der Waals surface area (Å²) in [6.07, 6.45) is 4.41. The van der Waals surface area contributed by atoms with Crippen molar-refractivity contribution in [3.8, 4) is 11.3 Å². The van der Waals surface area contributed by atoms with E-state index in [2.05, 4.69) is 55.8 Å². The van der Waals surface area contributed by atoms with Crippen LogP contribution in [-0.4, -0.2) is 86.4 Å². The molecule has 5 rings (SSSR count). The van der Waals surface area contributed by atoms with Crippen molar-refractivity contribution >= 4 is 34.5 Å². The molecule has 1 N–H and O–H groups in total. The van der Waals surface area contributed by atoms with E-state index in [4.69, 9.17) is 4.98 Å². The standard InChI is InChI=1S/C28H32FN9O/c1-4-36-11-13-38(14-12-36)27(39)20-8-10-24(31-16-20)34-28-32-17-21(29)26(35-28)19-7-9-22-23(15-19)33-25(18-30-22)37(5-2)6-3/h7-10,15-18H,4-6,11-14H2,1-3H3,(H,31,32,34,35). The van der Waals surface area contributed by atoms with Crippen LogP contribution >= 0.6 is 0 Å². The Labute approximate surface area is 226 Å². The molecule has 11 heteroatoms. The second-order valence-corrected chi connectivity index (χ2v) is 9.28. The zero-order valence-corrected chi connectivity index (χ0v) is 22.4. The summed E-state index contributed by atoms with van der Waals surface area (Å²) in [4.78, 5) is 41.2. The van der Waals surface area contributed by atoms with Crippen LogP contribution < -0.4 is 10.2 Å². The number of nitrogens with one attached hydrogen (secondary N) is 1. The molecule has 0 radical (unpaired) electrons. The molecule has 4 heterocycles. The maximum absolute atomic E-state index is 14.8. The number of carbonyl (C=O) groups is 1. The van der Waals surface area contributed by atoms with Crippen molar-refractivity contribution in [2.45, 2.75) is 20.8 Å². The molecule has 0 saturated carbocycles. The summed E-state index contributed by atoms with van der Waals surface area (Å²) in [6.45, 7) is 12.0. The highest BCUT2D eigenvalue weighted by molar-refractivity contribution is 5.94. The number of anilines is 3. The van der Waals surface area contributed by atoms with Crippen LogP contribution in [0.3, 0.4) is 0 Å². The van der Waals surface area contributed by atoms with Gasteiger partial charge in [0, 0.05) is 51.0 Å². The van der Waals surface area contributed by atoms with Crippen LogP contribution in [0.2, 0.25) is 0 Å². The van der Waals surface area contributed by atoms with Crippen LogP contribution in [0.25, 0.3) is 22.3 Å². The minimum atomic E-state index is -0.551. The van der Waals surface area contributed by atoms with E-state index in [1.54, 1.807) is 36.5 Å². The Morgan fingerprint density at radius 2 is 1.72 bits per heavy atom. The van der Waals surface area contributed by atoms with Gasteiger partial charge < -0.3 is 20.0 Å². The number of likely N-dealkylation sites (N-methyl/N-ethyl adjacent to an activating group) is 1. The maximum atomic E-state index is 14.8. The summed E-state index contributed by atoms with van der Waals surface area (Å²) in [6, 6.07) is 8.77. The molecule has 1 saturated heterocycles. The molecule has 0 bridgehead atoms. The summed E-state index contributed by atoms with van der Waals surface area (Å²) >= 11 is 0. The van der Waals surface area contributed by atoms with E-state index in [1.807, 2.05) is 4.90 Å². The molecule has 0 unspecified atom stereocenters. The minimum Gasteiger partial charge on any atom is -0.356 e. The Morgan fingerprint density at radius 3 is 2.41 bits per heavy atom. The Morgan fingerprint density at radius 1 is 0.923 bits per heavy atom. The number of rotatable bonds is 8. The Balaban J connectivity index is 1.33. The first-order valence-electron chi connectivity index (χ1n) is 13.3. The van der Waals surface area contributed by atoms with Crippen LogP contribution in [-0.2, 0) is 0 Å². The highest BCUT2D eigenvalue weighted by Gasteiger charge is 2.21. The van der Waals surface area contributed by atoms with E-state index in [0.717, 1.165) is 44.7 Å². The number of pyridine rings is 1. The lowest BCUT2D eigenvalue weighted by atomic mass is 10.1. The smallest absolute Gasteiger partial charge is 0.255 e. The Bertz CT molecular complexity index is 1450. The average molecular weight is 530 g/mol. The van der Waals surface area contributed by atoms with Crippen molar-refractivity contribution in [2.75, 3.05) is 56.0 Å². The molecule has 39 heavy (non-hydrogen) atoms. The topological polar surface area (TPSA) is 103 Å². The highest BCUT2D eigenvalue weighted by Crippen LogP contribution is 2.26. The normalized spacial score (nSPS) is 14.0. The van der Waals surface area contributed by atoms with Crippen molar-refractivity contribution < 1.29 is 9.18 Å². The van der Waals surface area contributed by atoms with E-state index in [0.29, 0.717) is 41.1 Å². The molecule has 3 aromatic heterocycles. The first kappa shape index (κ1) is 26.4. The van der Waals surface area contributed by atoms with Crippen LogP contribution in [0, 0.1) is 5.82 Å². The van der Waals surface area contributed by atoms with Gasteiger partial charge in [0.15, 0.2) is 5.82 Å². The molecule has 0 spiro atoms. The number of aromatic nitrogens is 5. The second-order valence-electron chi connectivity index (χ2n) is 9.28. The van der Waals surface area contributed by atoms with Crippen molar-refractivity contribution in [3.63, 3.8) is 0 Å². The third kappa shape index (κ3) is 5.78. The fourth-order valence-electron chi connectivity index (χ4n) is 4.64. The zero-order chi connectivity index (χ0) is 27.4. The average Bonchev–Trinajstić information content (AvgIpc) is 2.98. The van der Waals surface area contributed by atoms with Gasteiger partial charge in [-0.1, -0.05) is 13.0 Å². The van der Waals surface area contributed by atoms with E-state index in [9.17, 15) is 9.18 Å². The van der Waals surface area contributed by atoms with Crippen LogP contribution in [0.5, 0.6) is 0 Å². The first-order chi connectivity index (χ1) is 19.0. The number of amides is 1. The molecule has 0 atom stereocenters. The number of carbonyl (C=O) groups excluding carboxylic acids is 1. The van der Waals surface area contributed by atoms with Gasteiger partial charge in [-0.3, -0.25) is 9.78 Å². The van der Waals surface area contributed by atoms with Crippen molar-refractivity contribution in [2.24, 2.45) is 0 Å². The van der Waals surface area contributed by atoms with E-state index in [-0.39, 0.29) is 17.5 Å². The maximum Gasteiger partial charge on any atom is 0.255 e. The number of benzene rings is 1. The van der Waals surface area contributed by atoms with Gasteiger partial charge in [0.05, 0.1) is 29.0 Å². The molecule has 4 aromatic rings. The number of nitrogens with zero attached hydrogens (tertiary/aromatic N) is 8. The van der Waals surface area contributed by atoms with E-state index in [1.165, 1.54) is 6.20 Å². The second kappa shape index (κ2) is 11.6. The largest absolute Gasteiger partial charge is 0.356 e. The van der Waals surface area contributed by atoms with Crippen molar-refractivity contribution in [1.29, 1.82) is 0 Å². The number of hydrogen-bond acceptors (Lipinski definition) is 9. The molecular weight excluding hydrogens is 497 g/mol. The van der Waals surface area contributed by atoms with Crippen molar-refractivity contribution in [3.05, 3.63) is 60.3 Å². The molecular formula is C28H32FN9O. The lowest BCUT2D eigenvalue weighted by Crippen LogP contribution is -2.48. The molecule has 1 fully saturated rings. The van der Waals surface area contributed by atoms with Gasteiger partial charge in [-0.15, -0.1) is 0 Å². The number of piperazine rings is 1. The van der Waals surface area contributed by atoms with Gasteiger partial charge >= 0.3 is 0 Å². The summed E-state index contributed by atoms with van der Waals surface area (Å²) in [5, 5.41) is 3.01. The fourth-order valence-corrected chi connectivity index (χ4v) is 4.64. The minimum absolute atomic E-state index is 0.0336. The summed E-state index contributed by atoms with van der Waals surface area (Å²) in [7, 11) is 0. The molecule has 202 valence electrons. The van der Waals surface area contributed by atoms with Crippen LogP contribution in [0.15, 0.2) is 48.9 Å². The summed E-state index contributed by atoms with van der Waals surface area (Å²) < 4.78 is 14.8. The van der Waals surface area contributed by atoms with Gasteiger partial charge in [0.1, 0.15) is 17.3 Å². The van der Waals surface area contributed by atoms with Crippen LogP contribution in [0.4, 0.5) is 22.0 Å². The summed E-state index contributed by atoms with van der Waals surface area (Å²) in [5.41, 5.74) is 2.60. The molecule has 1 aromatic carbocycles. The van der Waals surface area contributed by atoms with Gasteiger partial charge in [-0.2, -0.15) is 0 Å². The number of fused-ring (bicyclic) bond motifs is 1. The van der Waals surface area contributed by atoms with E-state index < -0.39 is 5.82 Å². The molecule has 1 aliphatic rings. The van der Waals surface area contributed by atoms with Gasteiger partial charge in [-0.25, -0.2) is 24.3 Å². The zero-order valence-electron chi connectivity index (χ0n) is 22.4. The molecule has 0 aliphatic carbocycles. The van der Waals surface area contributed by atoms with Gasteiger partial charge in [0.25, 0.3) is 5.91 Å². The molecule has 1 aliphatic heterocycles. The lowest BCUT2D eigenvalue weighted by molar-refractivity contribution is 0.0643. The van der Waals surface area contributed by atoms with Crippen LogP contribution in [0.1, 0.15) is 31.1 Å². The third-order valence-corrected chi connectivity index (χ3v) is 6.99. The quantitative estimate of drug-likeness (QED) is 0.363. The highest BCUT2D eigenvalue weighted by atomic mass is 19.1. The Hall–Kier alpha value is -4.25. The molecule has 1 amide bonds. The van der Waals surface area contributed by atoms with Crippen molar-refractivity contribution in [1.82, 2.24) is 34.7 Å². The first-order valence-corrected chi connectivity index (χ1v) is 13.3. The summed E-state index contributed by atoms with van der Waals surface area (Å²) in [5.74, 6) is 0.829. The molecule has 10 nitrogen and oxygen atoms in total. The fraction of sp³-hybridized carbons (Fsp3) is 0.357. The lowest BCUT2D eigenvalue weighted by Gasteiger charge is -2.34. The number of hydrogen-bond donors (Lipinski definition) is 1.